The van der Waals surface area contributed by atoms with Crippen molar-refractivity contribution in [3.05, 3.63) is 24.0 Å². The van der Waals surface area contributed by atoms with Crippen LogP contribution < -0.4 is 11.1 Å². The Hall–Kier alpha value is -1.47. The molecule has 1 heterocycles. The SMILES string of the molecule is CC1OCCC1S(=O)CC(=O)Nc1ccc(F)c(N)c1. The van der Waals surface area contributed by atoms with Gasteiger partial charge < -0.3 is 15.8 Å². The molecule has 1 saturated heterocycles. The molecule has 1 amide bonds. The highest BCUT2D eigenvalue weighted by molar-refractivity contribution is 7.86. The molecule has 3 unspecified atom stereocenters. The minimum absolute atomic E-state index is 0.0401. The molecule has 0 bridgehead atoms. The smallest absolute Gasteiger partial charge is 0.237 e. The van der Waals surface area contributed by atoms with E-state index in [1.165, 1.54) is 18.2 Å². The molecule has 0 aromatic heterocycles. The Balaban J connectivity index is 1.91. The molecule has 3 atom stereocenters. The number of amides is 1. The van der Waals surface area contributed by atoms with E-state index < -0.39 is 16.6 Å². The van der Waals surface area contributed by atoms with Crippen molar-refractivity contribution in [2.75, 3.05) is 23.4 Å². The van der Waals surface area contributed by atoms with Gasteiger partial charge in [0.25, 0.3) is 0 Å². The predicted molar refractivity (Wildman–Crippen MR) is 76.3 cm³/mol. The molecular formula is C13H17FN2O3S. The quantitative estimate of drug-likeness (QED) is 0.821. The standard InChI is InChI=1S/C13H17FN2O3S/c1-8-12(4-5-19-8)20(18)7-13(17)16-9-2-3-10(14)11(15)6-9/h2-3,6,8,12H,4-5,7,15H2,1H3,(H,16,17). The molecule has 1 aliphatic heterocycles. The Kier molecular flexibility index (Phi) is 4.72. The largest absolute Gasteiger partial charge is 0.396 e. The molecule has 1 aromatic rings. The summed E-state index contributed by atoms with van der Waals surface area (Å²) in [6, 6.07) is 3.92. The maximum absolute atomic E-state index is 13.0. The number of nitrogen functional groups attached to an aromatic ring is 1. The van der Waals surface area contributed by atoms with Crippen molar-refractivity contribution in [2.45, 2.75) is 24.7 Å². The highest BCUT2D eigenvalue weighted by Crippen LogP contribution is 2.20. The molecule has 2 rings (SSSR count). The third-order valence-electron chi connectivity index (χ3n) is 3.20. The van der Waals surface area contributed by atoms with Crippen LogP contribution in [0.5, 0.6) is 0 Å². The fourth-order valence-corrected chi connectivity index (χ4v) is 3.52. The molecule has 0 spiro atoms. The van der Waals surface area contributed by atoms with E-state index in [9.17, 15) is 13.4 Å². The molecule has 5 nitrogen and oxygen atoms in total. The maximum Gasteiger partial charge on any atom is 0.237 e. The summed E-state index contributed by atoms with van der Waals surface area (Å²) in [7, 11) is -1.28. The predicted octanol–water partition coefficient (Wildman–Crippen LogP) is 1.27. The summed E-state index contributed by atoms with van der Waals surface area (Å²) in [4.78, 5) is 11.8. The van der Waals surface area contributed by atoms with Crippen LogP contribution >= 0.6 is 0 Å². The fraction of sp³-hybridized carbons (Fsp3) is 0.462. The van der Waals surface area contributed by atoms with Crippen LogP contribution in [0.4, 0.5) is 15.8 Å². The van der Waals surface area contributed by atoms with Crippen LogP contribution in [0.1, 0.15) is 13.3 Å². The van der Waals surface area contributed by atoms with Crippen LogP contribution in [0.15, 0.2) is 18.2 Å². The monoisotopic (exact) mass is 300 g/mol. The molecule has 1 fully saturated rings. The van der Waals surface area contributed by atoms with Crippen LogP contribution in [-0.2, 0) is 20.3 Å². The molecule has 0 aliphatic carbocycles. The minimum Gasteiger partial charge on any atom is -0.396 e. The van der Waals surface area contributed by atoms with E-state index in [2.05, 4.69) is 5.32 Å². The number of benzene rings is 1. The van der Waals surface area contributed by atoms with E-state index in [0.717, 1.165) is 0 Å². The van der Waals surface area contributed by atoms with Gasteiger partial charge >= 0.3 is 0 Å². The first-order valence-electron chi connectivity index (χ1n) is 6.31. The Labute approximate surface area is 119 Å². The van der Waals surface area contributed by atoms with Gasteiger partial charge in [0.1, 0.15) is 11.6 Å². The minimum atomic E-state index is -1.28. The molecule has 3 N–H and O–H groups in total. The van der Waals surface area contributed by atoms with Crippen LogP contribution in [0.3, 0.4) is 0 Å². The molecule has 1 aromatic carbocycles. The first kappa shape index (κ1) is 14.9. The molecule has 7 heteroatoms. The number of hydrogen-bond acceptors (Lipinski definition) is 4. The van der Waals surface area contributed by atoms with Gasteiger partial charge in [0.15, 0.2) is 0 Å². The van der Waals surface area contributed by atoms with Crippen LogP contribution in [0.25, 0.3) is 0 Å². The highest BCUT2D eigenvalue weighted by atomic mass is 32.2. The van der Waals surface area contributed by atoms with E-state index >= 15 is 0 Å². The maximum atomic E-state index is 13.0. The van der Waals surface area contributed by atoms with Gasteiger partial charge in [-0.15, -0.1) is 0 Å². The summed E-state index contributed by atoms with van der Waals surface area (Å²) < 4.78 is 30.4. The van der Waals surface area contributed by atoms with Crippen molar-refractivity contribution in [1.82, 2.24) is 0 Å². The van der Waals surface area contributed by atoms with E-state index in [1.54, 1.807) is 0 Å². The second-order valence-electron chi connectivity index (χ2n) is 4.71. The van der Waals surface area contributed by atoms with Gasteiger partial charge in [0.2, 0.25) is 5.91 Å². The van der Waals surface area contributed by atoms with E-state index in [4.69, 9.17) is 10.5 Å². The van der Waals surface area contributed by atoms with Gasteiger partial charge in [-0.2, -0.15) is 0 Å². The first-order chi connectivity index (χ1) is 9.47. The Morgan fingerprint density at radius 2 is 2.35 bits per heavy atom. The molecule has 20 heavy (non-hydrogen) atoms. The van der Waals surface area contributed by atoms with Crippen LogP contribution in [-0.4, -0.2) is 33.8 Å². The molecule has 110 valence electrons. The summed E-state index contributed by atoms with van der Waals surface area (Å²) in [5.41, 5.74) is 5.76. The summed E-state index contributed by atoms with van der Waals surface area (Å²) >= 11 is 0. The lowest BCUT2D eigenvalue weighted by molar-refractivity contribution is -0.113. The second-order valence-corrected chi connectivity index (χ2v) is 6.37. The lowest BCUT2D eigenvalue weighted by Gasteiger charge is -2.13. The normalized spacial score (nSPS) is 23.5. The third-order valence-corrected chi connectivity index (χ3v) is 5.04. The number of hydrogen-bond donors (Lipinski definition) is 2. The molecular weight excluding hydrogens is 283 g/mol. The Bertz CT molecular complexity index is 538. The number of halogens is 1. The molecule has 0 radical (unpaired) electrons. The molecule has 0 saturated carbocycles. The van der Waals surface area contributed by atoms with Crippen molar-refractivity contribution in [1.29, 1.82) is 0 Å². The number of carbonyl (C=O) groups excluding carboxylic acids is 1. The third kappa shape index (κ3) is 3.55. The highest BCUT2D eigenvalue weighted by Gasteiger charge is 2.30. The lowest BCUT2D eigenvalue weighted by Crippen LogP contribution is -2.30. The Morgan fingerprint density at radius 1 is 1.60 bits per heavy atom. The van der Waals surface area contributed by atoms with Gasteiger partial charge in [-0.05, 0) is 31.5 Å². The summed E-state index contributed by atoms with van der Waals surface area (Å²) in [5, 5.41) is 2.45. The van der Waals surface area contributed by atoms with Crippen molar-refractivity contribution >= 4 is 28.1 Å². The number of carbonyl (C=O) groups is 1. The van der Waals surface area contributed by atoms with Crippen LogP contribution in [0, 0.1) is 5.82 Å². The summed E-state index contributed by atoms with van der Waals surface area (Å²) in [5.74, 6) is -1.02. The van der Waals surface area contributed by atoms with Gasteiger partial charge in [0.05, 0.1) is 17.0 Å². The number of rotatable bonds is 4. The average molecular weight is 300 g/mol. The van der Waals surface area contributed by atoms with E-state index in [1.807, 2.05) is 6.92 Å². The van der Waals surface area contributed by atoms with Crippen molar-refractivity contribution in [3.8, 4) is 0 Å². The van der Waals surface area contributed by atoms with Crippen LogP contribution in [0.2, 0.25) is 0 Å². The Morgan fingerprint density at radius 3 is 2.95 bits per heavy atom. The second kappa shape index (κ2) is 6.32. The number of nitrogens with two attached hydrogens (primary N) is 1. The van der Waals surface area contributed by atoms with E-state index in [-0.39, 0.29) is 28.7 Å². The number of ether oxygens (including phenoxy) is 1. The lowest BCUT2D eigenvalue weighted by atomic mass is 10.2. The van der Waals surface area contributed by atoms with Crippen molar-refractivity contribution in [3.63, 3.8) is 0 Å². The average Bonchev–Trinajstić information content (AvgIpc) is 2.80. The zero-order valence-electron chi connectivity index (χ0n) is 11.1. The van der Waals surface area contributed by atoms with Gasteiger partial charge in [-0.1, -0.05) is 0 Å². The number of anilines is 2. The zero-order valence-corrected chi connectivity index (χ0v) is 11.9. The number of nitrogens with one attached hydrogen (secondary N) is 1. The van der Waals surface area contributed by atoms with Gasteiger partial charge in [0, 0.05) is 23.1 Å². The topological polar surface area (TPSA) is 81.4 Å². The van der Waals surface area contributed by atoms with Gasteiger partial charge in [-0.3, -0.25) is 9.00 Å². The summed E-state index contributed by atoms with van der Waals surface area (Å²) in [6.07, 6.45) is 0.606. The first-order valence-corrected chi connectivity index (χ1v) is 7.69. The van der Waals surface area contributed by atoms with E-state index in [0.29, 0.717) is 18.7 Å². The van der Waals surface area contributed by atoms with Gasteiger partial charge in [-0.25, -0.2) is 4.39 Å². The van der Waals surface area contributed by atoms with Crippen molar-refractivity contribution in [2.24, 2.45) is 0 Å². The molecule has 1 aliphatic rings. The fourth-order valence-electron chi connectivity index (χ4n) is 2.11. The summed E-state index contributed by atoms with van der Waals surface area (Å²) in [6.45, 7) is 2.43. The van der Waals surface area contributed by atoms with Crippen molar-refractivity contribution < 1.29 is 18.1 Å². The zero-order chi connectivity index (χ0) is 14.7.